The number of rotatable bonds is 6. The second-order valence-corrected chi connectivity index (χ2v) is 9.37. The number of carbonyl (C=O) groups is 1. The fraction of sp³-hybridized carbons (Fsp3) is 0.172. The minimum atomic E-state index is -0.139. The molecule has 3 heterocycles. The van der Waals surface area contributed by atoms with Gasteiger partial charge in [0.2, 0.25) is 17.7 Å². The molecule has 38 heavy (non-hydrogen) atoms. The first-order chi connectivity index (χ1) is 18.6. The summed E-state index contributed by atoms with van der Waals surface area (Å²) in [5.41, 5.74) is 6.97. The van der Waals surface area contributed by atoms with Crippen LogP contribution in [0.1, 0.15) is 22.3 Å². The molecule has 0 radical (unpaired) electrons. The molecule has 2 aromatic heterocycles. The maximum absolute atomic E-state index is 13.0. The fourth-order valence-electron chi connectivity index (χ4n) is 4.70. The van der Waals surface area contributed by atoms with Crippen LogP contribution in [-0.2, 0) is 24.2 Å². The van der Waals surface area contributed by atoms with Crippen molar-refractivity contribution >= 4 is 17.7 Å². The molecule has 1 aliphatic rings. The highest BCUT2D eigenvalue weighted by Crippen LogP contribution is 2.32. The third-order valence-electron chi connectivity index (χ3n) is 6.67. The number of carbonyl (C=O) groups excluding carboxylic acids is 1. The number of nitrogens with one attached hydrogen (secondary N) is 2. The number of benzene rings is 3. The quantitative estimate of drug-likeness (QED) is 0.354. The lowest BCUT2D eigenvalue weighted by Gasteiger charge is -2.29. The summed E-state index contributed by atoms with van der Waals surface area (Å²) < 4.78 is 0. The topological polar surface area (TPSA) is 113 Å². The maximum Gasteiger partial charge on any atom is 0.229 e. The number of H-pyrrole nitrogens is 1. The smallest absolute Gasteiger partial charge is 0.229 e. The molecule has 6 rings (SSSR count). The van der Waals surface area contributed by atoms with E-state index in [9.17, 15) is 4.79 Å². The van der Waals surface area contributed by atoms with Crippen molar-refractivity contribution in [3.8, 4) is 22.6 Å². The Morgan fingerprint density at radius 3 is 2.50 bits per heavy atom. The first-order valence-electron chi connectivity index (χ1n) is 12.5. The lowest BCUT2D eigenvalue weighted by atomic mass is 10.0. The molecule has 0 saturated carbocycles. The lowest BCUT2D eigenvalue weighted by molar-refractivity contribution is -0.115. The SMILES string of the molecule is Cc1ccc(CC(=O)Nc2cc(-c3ccccc3-c3nn[nH]n3)nc(N3CCc4ccccc4C3)n2)cc1. The largest absolute Gasteiger partial charge is 0.336 e. The average Bonchev–Trinajstić information content (AvgIpc) is 3.49. The number of aryl methyl sites for hydroxylation is 1. The number of aromatic nitrogens is 6. The molecule has 0 aliphatic carbocycles. The molecule has 0 saturated heterocycles. The van der Waals surface area contributed by atoms with Gasteiger partial charge in [0.1, 0.15) is 5.82 Å². The molecule has 0 bridgehead atoms. The van der Waals surface area contributed by atoms with Gasteiger partial charge in [-0.05, 0) is 35.2 Å². The van der Waals surface area contributed by atoms with Gasteiger partial charge in [-0.1, -0.05) is 78.4 Å². The van der Waals surface area contributed by atoms with Gasteiger partial charge in [-0.2, -0.15) is 10.2 Å². The Labute approximate surface area is 220 Å². The molecular weight excluding hydrogens is 476 g/mol. The van der Waals surface area contributed by atoms with Gasteiger partial charge in [-0.3, -0.25) is 4.79 Å². The van der Waals surface area contributed by atoms with E-state index in [0.29, 0.717) is 29.8 Å². The molecule has 0 fully saturated rings. The Morgan fingerprint density at radius 2 is 1.71 bits per heavy atom. The van der Waals surface area contributed by atoms with Crippen molar-refractivity contribution in [3.63, 3.8) is 0 Å². The standard InChI is InChI=1S/C29H26N8O/c1-19-10-12-20(13-11-19)16-27(38)31-26-17-25(23-8-4-5-9-24(23)28-33-35-36-34-28)30-29(32-26)37-15-14-21-6-2-3-7-22(21)18-37/h2-13,17H,14-16,18H2,1H3,(H,30,31,32,38)(H,33,34,35,36). The van der Waals surface area contributed by atoms with Gasteiger partial charge in [0.15, 0.2) is 0 Å². The zero-order valence-electron chi connectivity index (χ0n) is 20.9. The van der Waals surface area contributed by atoms with E-state index in [1.807, 2.05) is 55.5 Å². The number of aromatic amines is 1. The van der Waals surface area contributed by atoms with Crippen molar-refractivity contribution in [2.24, 2.45) is 0 Å². The second-order valence-electron chi connectivity index (χ2n) is 9.37. The van der Waals surface area contributed by atoms with Crippen molar-refractivity contribution < 1.29 is 4.79 Å². The van der Waals surface area contributed by atoms with E-state index in [1.54, 1.807) is 6.07 Å². The molecule has 2 N–H and O–H groups in total. The third kappa shape index (κ3) is 4.99. The van der Waals surface area contributed by atoms with E-state index >= 15 is 0 Å². The zero-order chi connectivity index (χ0) is 25.9. The monoisotopic (exact) mass is 502 g/mol. The van der Waals surface area contributed by atoms with Crippen LogP contribution < -0.4 is 10.2 Å². The molecule has 1 aliphatic heterocycles. The highest BCUT2D eigenvalue weighted by molar-refractivity contribution is 5.92. The average molecular weight is 503 g/mol. The van der Waals surface area contributed by atoms with Gasteiger partial charge in [0.05, 0.1) is 12.1 Å². The predicted octanol–water partition coefficient (Wildman–Crippen LogP) is 4.38. The Bertz CT molecular complexity index is 1580. The second kappa shape index (κ2) is 10.2. The van der Waals surface area contributed by atoms with Gasteiger partial charge in [-0.25, -0.2) is 4.98 Å². The summed E-state index contributed by atoms with van der Waals surface area (Å²) in [5.74, 6) is 1.34. The molecular formula is C29H26N8O. The zero-order valence-corrected chi connectivity index (χ0v) is 20.9. The summed E-state index contributed by atoms with van der Waals surface area (Å²) >= 11 is 0. The van der Waals surface area contributed by atoms with E-state index in [2.05, 4.69) is 55.1 Å². The van der Waals surface area contributed by atoms with Crippen LogP contribution in [0.15, 0.2) is 78.9 Å². The number of amides is 1. The van der Waals surface area contributed by atoms with Crippen LogP contribution in [0, 0.1) is 6.92 Å². The lowest BCUT2D eigenvalue weighted by Crippen LogP contribution is -2.32. The van der Waals surface area contributed by atoms with Crippen LogP contribution in [0.25, 0.3) is 22.6 Å². The highest BCUT2D eigenvalue weighted by atomic mass is 16.1. The van der Waals surface area contributed by atoms with Crippen molar-refractivity contribution in [3.05, 3.63) is 101 Å². The molecule has 1 amide bonds. The predicted molar refractivity (Wildman–Crippen MR) is 145 cm³/mol. The number of tetrazole rings is 1. The van der Waals surface area contributed by atoms with E-state index in [4.69, 9.17) is 9.97 Å². The van der Waals surface area contributed by atoms with Gasteiger partial charge in [-0.15, -0.1) is 10.2 Å². The Balaban J connectivity index is 1.37. The van der Waals surface area contributed by atoms with Crippen molar-refractivity contribution in [2.45, 2.75) is 26.3 Å². The van der Waals surface area contributed by atoms with Gasteiger partial charge in [0.25, 0.3) is 0 Å². The van der Waals surface area contributed by atoms with Crippen LogP contribution in [0.3, 0.4) is 0 Å². The van der Waals surface area contributed by atoms with E-state index in [0.717, 1.165) is 35.2 Å². The van der Waals surface area contributed by atoms with Gasteiger partial charge < -0.3 is 10.2 Å². The van der Waals surface area contributed by atoms with Gasteiger partial charge in [0, 0.05) is 30.3 Å². The number of hydrogen-bond acceptors (Lipinski definition) is 7. The number of hydrogen-bond donors (Lipinski definition) is 2. The van der Waals surface area contributed by atoms with Crippen LogP contribution in [0.2, 0.25) is 0 Å². The molecule has 3 aromatic carbocycles. The van der Waals surface area contributed by atoms with Gasteiger partial charge >= 0.3 is 0 Å². The first kappa shape index (κ1) is 23.5. The molecule has 9 nitrogen and oxygen atoms in total. The highest BCUT2D eigenvalue weighted by Gasteiger charge is 2.21. The molecule has 0 spiro atoms. The first-order valence-corrected chi connectivity index (χ1v) is 12.5. The molecule has 0 unspecified atom stereocenters. The Morgan fingerprint density at radius 1 is 0.947 bits per heavy atom. The summed E-state index contributed by atoms with van der Waals surface area (Å²) in [6.07, 6.45) is 1.16. The summed E-state index contributed by atoms with van der Waals surface area (Å²) in [5, 5.41) is 17.6. The Kier molecular flexibility index (Phi) is 6.31. The summed E-state index contributed by atoms with van der Waals surface area (Å²) in [4.78, 5) is 24.9. The summed E-state index contributed by atoms with van der Waals surface area (Å²) in [6.45, 7) is 3.51. The maximum atomic E-state index is 13.0. The Hall–Kier alpha value is -4.92. The fourth-order valence-corrected chi connectivity index (χ4v) is 4.70. The van der Waals surface area contributed by atoms with Crippen molar-refractivity contribution in [2.75, 3.05) is 16.8 Å². The van der Waals surface area contributed by atoms with E-state index in [1.165, 1.54) is 11.1 Å². The van der Waals surface area contributed by atoms with Crippen molar-refractivity contribution in [1.29, 1.82) is 0 Å². The number of anilines is 2. The summed E-state index contributed by atoms with van der Waals surface area (Å²) in [6, 6.07) is 25.9. The molecule has 9 heteroatoms. The number of fused-ring (bicyclic) bond motifs is 1. The van der Waals surface area contributed by atoms with E-state index in [-0.39, 0.29) is 12.3 Å². The minimum absolute atomic E-state index is 0.139. The van der Waals surface area contributed by atoms with Crippen LogP contribution in [0.5, 0.6) is 0 Å². The molecule has 5 aromatic rings. The van der Waals surface area contributed by atoms with E-state index < -0.39 is 0 Å². The number of nitrogens with zero attached hydrogens (tertiary/aromatic N) is 6. The van der Waals surface area contributed by atoms with Crippen LogP contribution >= 0.6 is 0 Å². The third-order valence-corrected chi connectivity index (χ3v) is 6.67. The minimum Gasteiger partial charge on any atom is -0.336 e. The van der Waals surface area contributed by atoms with Crippen molar-refractivity contribution in [1.82, 2.24) is 30.6 Å². The van der Waals surface area contributed by atoms with Crippen LogP contribution in [-0.4, -0.2) is 43.0 Å². The molecule has 188 valence electrons. The van der Waals surface area contributed by atoms with Crippen LogP contribution in [0.4, 0.5) is 11.8 Å². The summed E-state index contributed by atoms with van der Waals surface area (Å²) in [7, 11) is 0. The normalized spacial score (nSPS) is 12.7. The molecule has 0 atom stereocenters.